The number of hydrogen-bond donors (Lipinski definition) is 1. The van der Waals surface area contributed by atoms with Crippen molar-refractivity contribution in [2.24, 2.45) is 5.92 Å². The SMILES string of the molecule is CC(C)C(C)(O)C1=CCCCCC1. The lowest BCUT2D eigenvalue weighted by molar-refractivity contribution is 0.0467. The molecule has 1 nitrogen and oxygen atoms in total. The second-order valence-electron chi connectivity index (χ2n) is 4.63. The van der Waals surface area contributed by atoms with Crippen LogP contribution in [0.5, 0.6) is 0 Å². The van der Waals surface area contributed by atoms with Crippen LogP contribution in [0.15, 0.2) is 11.6 Å². The van der Waals surface area contributed by atoms with Crippen LogP contribution in [0.2, 0.25) is 0 Å². The average molecular weight is 182 g/mol. The Balaban J connectivity index is 2.72. The van der Waals surface area contributed by atoms with E-state index < -0.39 is 5.60 Å². The molecule has 0 saturated heterocycles. The molecular formula is C12H22O. The Kier molecular flexibility index (Phi) is 3.55. The zero-order valence-corrected chi connectivity index (χ0v) is 9.14. The van der Waals surface area contributed by atoms with E-state index in [0.29, 0.717) is 5.92 Å². The van der Waals surface area contributed by atoms with Gasteiger partial charge in [-0.2, -0.15) is 0 Å². The van der Waals surface area contributed by atoms with Crippen molar-refractivity contribution in [1.82, 2.24) is 0 Å². The second kappa shape index (κ2) is 4.28. The lowest BCUT2D eigenvalue weighted by Crippen LogP contribution is -2.33. The van der Waals surface area contributed by atoms with Gasteiger partial charge in [0.15, 0.2) is 0 Å². The van der Waals surface area contributed by atoms with Gasteiger partial charge in [-0.15, -0.1) is 0 Å². The molecule has 13 heavy (non-hydrogen) atoms. The van der Waals surface area contributed by atoms with Crippen molar-refractivity contribution in [2.75, 3.05) is 0 Å². The largest absolute Gasteiger partial charge is 0.386 e. The predicted octanol–water partition coefficient (Wildman–Crippen LogP) is 3.28. The molecule has 0 heterocycles. The number of aliphatic hydroxyl groups is 1. The molecular weight excluding hydrogens is 160 g/mol. The van der Waals surface area contributed by atoms with Crippen molar-refractivity contribution in [1.29, 1.82) is 0 Å². The first-order valence-corrected chi connectivity index (χ1v) is 5.47. The van der Waals surface area contributed by atoms with Crippen LogP contribution >= 0.6 is 0 Å². The molecule has 0 radical (unpaired) electrons. The van der Waals surface area contributed by atoms with Gasteiger partial charge in [-0.3, -0.25) is 0 Å². The Morgan fingerprint density at radius 3 is 2.62 bits per heavy atom. The molecule has 0 aromatic carbocycles. The molecule has 1 rings (SSSR count). The Hall–Kier alpha value is -0.300. The van der Waals surface area contributed by atoms with E-state index in [1.807, 2.05) is 6.92 Å². The third-order valence-electron chi connectivity index (χ3n) is 3.32. The van der Waals surface area contributed by atoms with E-state index in [-0.39, 0.29) is 0 Å². The summed E-state index contributed by atoms with van der Waals surface area (Å²) in [5.74, 6) is 0.317. The zero-order valence-electron chi connectivity index (χ0n) is 9.14. The highest BCUT2D eigenvalue weighted by molar-refractivity contribution is 5.17. The Labute approximate surface area is 81.9 Å². The molecule has 76 valence electrons. The van der Waals surface area contributed by atoms with Gasteiger partial charge in [0.05, 0.1) is 5.60 Å². The molecule has 1 aliphatic rings. The van der Waals surface area contributed by atoms with Crippen molar-refractivity contribution >= 4 is 0 Å². The average Bonchev–Trinajstić information content (AvgIpc) is 2.31. The van der Waals surface area contributed by atoms with Crippen LogP contribution in [-0.4, -0.2) is 10.7 Å². The molecule has 0 spiro atoms. The van der Waals surface area contributed by atoms with Gasteiger partial charge in [-0.1, -0.05) is 26.3 Å². The standard InChI is InChI=1S/C12H22O/c1-10(2)12(3,13)11-8-6-4-5-7-9-11/h8,10,13H,4-7,9H2,1-3H3. The summed E-state index contributed by atoms with van der Waals surface area (Å²) in [6.45, 7) is 6.13. The van der Waals surface area contributed by atoms with Crippen molar-refractivity contribution < 1.29 is 5.11 Å². The van der Waals surface area contributed by atoms with Crippen LogP contribution < -0.4 is 0 Å². The van der Waals surface area contributed by atoms with Crippen LogP contribution in [0.3, 0.4) is 0 Å². The fraction of sp³-hybridized carbons (Fsp3) is 0.833. The summed E-state index contributed by atoms with van der Waals surface area (Å²) in [7, 11) is 0. The number of hydrogen-bond acceptors (Lipinski definition) is 1. The maximum absolute atomic E-state index is 10.3. The van der Waals surface area contributed by atoms with Gasteiger partial charge >= 0.3 is 0 Å². The summed E-state index contributed by atoms with van der Waals surface area (Å²) in [6.07, 6.45) is 8.34. The molecule has 0 aromatic rings. The number of rotatable bonds is 2. The minimum absolute atomic E-state index is 0.317. The highest BCUT2D eigenvalue weighted by Gasteiger charge is 2.29. The smallest absolute Gasteiger partial charge is 0.0851 e. The second-order valence-corrected chi connectivity index (χ2v) is 4.63. The van der Waals surface area contributed by atoms with E-state index in [1.54, 1.807) is 0 Å². The van der Waals surface area contributed by atoms with Crippen molar-refractivity contribution in [2.45, 2.75) is 58.5 Å². The molecule has 1 unspecified atom stereocenters. The fourth-order valence-corrected chi connectivity index (χ4v) is 1.85. The Bertz CT molecular complexity index is 189. The van der Waals surface area contributed by atoms with E-state index in [4.69, 9.17) is 0 Å². The van der Waals surface area contributed by atoms with Crippen LogP contribution in [0.25, 0.3) is 0 Å². The first-order chi connectivity index (χ1) is 6.05. The molecule has 1 atom stereocenters. The highest BCUT2D eigenvalue weighted by Crippen LogP contribution is 2.31. The molecule has 1 N–H and O–H groups in total. The van der Waals surface area contributed by atoms with E-state index in [0.717, 1.165) is 12.8 Å². The van der Waals surface area contributed by atoms with Crippen molar-refractivity contribution in [3.05, 3.63) is 11.6 Å². The van der Waals surface area contributed by atoms with E-state index in [9.17, 15) is 5.11 Å². The van der Waals surface area contributed by atoms with Crippen LogP contribution in [0.1, 0.15) is 52.9 Å². The highest BCUT2D eigenvalue weighted by atomic mass is 16.3. The lowest BCUT2D eigenvalue weighted by atomic mass is 9.82. The molecule has 0 amide bonds. The normalized spacial score (nSPS) is 23.6. The maximum Gasteiger partial charge on any atom is 0.0851 e. The topological polar surface area (TPSA) is 20.2 Å². The lowest BCUT2D eigenvalue weighted by Gasteiger charge is -2.30. The summed E-state index contributed by atoms with van der Waals surface area (Å²) < 4.78 is 0. The molecule has 1 aliphatic carbocycles. The monoisotopic (exact) mass is 182 g/mol. The van der Waals surface area contributed by atoms with Gasteiger partial charge in [-0.05, 0) is 44.1 Å². The molecule has 0 saturated carbocycles. The van der Waals surface area contributed by atoms with Gasteiger partial charge in [0, 0.05) is 0 Å². The van der Waals surface area contributed by atoms with Crippen LogP contribution in [0.4, 0.5) is 0 Å². The molecule has 0 fully saturated rings. The molecule has 0 aliphatic heterocycles. The van der Waals surface area contributed by atoms with Crippen molar-refractivity contribution in [3.8, 4) is 0 Å². The maximum atomic E-state index is 10.3. The first kappa shape index (κ1) is 10.8. The summed E-state index contributed by atoms with van der Waals surface area (Å²) >= 11 is 0. The Morgan fingerprint density at radius 2 is 2.00 bits per heavy atom. The van der Waals surface area contributed by atoms with Crippen LogP contribution in [0, 0.1) is 5.92 Å². The fourth-order valence-electron chi connectivity index (χ4n) is 1.85. The van der Waals surface area contributed by atoms with Gasteiger partial charge in [0.1, 0.15) is 0 Å². The van der Waals surface area contributed by atoms with E-state index in [2.05, 4.69) is 19.9 Å². The summed E-state index contributed by atoms with van der Waals surface area (Å²) in [4.78, 5) is 0. The number of allylic oxidation sites excluding steroid dienone is 1. The van der Waals surface area contributed by atoms with Gasteiger partial charge in [0.2, 0.25) is 0 Å². The summed E-state index contributed by atoms with van der Waals surface area (Å²) in [5, 5.41) is 10.3. The molecule has 0 aromatic heterocycles. The third-order valence-corrected chi connectivity index (χ3v) is 3.32. The quantitative estimate of drug-likeness (QED) is 0.650. The summed E-state index contributed by atoms with van der Waals surface area (Å²) in [6, 6.07) is 0. The van der Waals surface area contributed by atoms with Gasteiger partial charge in [0.25, 0.3) is 0 Å². The first-order valence-electron chi connectivity index (χ1n) is 5.47. The van der Waals surface area contributed by atoms with Crippen molar-refractivity contribution in [3.63, 3.8) is 0 Å². The van der Waals surface area contributed by atoms with E-state index >= 15 is 0 Å². The molecule has 1 heteroatoms. The zero-order chi connectivity index (χ0) is 9.90. The third kappa shape index (κ3) is 2.57. The van der Waals surface area contributed by atoms with Crippen LogP contribution in [-0.2, 0) is 0 Å². The minimum Gasteiger partial charge on any atom is -0.386 e. The van der Waals surface area contributed by atoms with Gasteiger partial charge in [-0.25, -0.2) is 0 Å². The molecule has 0 bridgehead atoms. The van der Waals surface area contributed by atoms with E-state index in [1.165, 1.54) is 24.8 Å². The predicted molar refractivity (Wildman–Crippen MR) is 56.6 cm³/mol. The summed E-state index contributed by atoms with van der Waals surface area (Å²) in [5.41, 5.74) is 0.685. The Morgan fingerprint density at radius 1 is 1.31 bits per heavy atom. The van der Waals surface area contributed by atoms with Gasteiger partial charge < -0.3 is 5.11 Å². The minimum atomic E-state index is -0.579.